The fourth-order valence-corrected chi connectivity index (χ4v) is 1.60. The molecule has 1 unspecified atom stereocenters. The summed E-state index contributed by atoms with van der Waals surface area (Å²) in [7, 11) is 0. The number of hydrogen-bond acceptors (Lipinski definition) is 2. The number of rotatable bonds is 4. The van der Waals surface area contributed by atoms with Crippen LogP contribution >= 0.6 is 11.6 Å². The highest BCUT2D eigenvalue weighted by atomic mass is 35.5. The molecule has 1 rings (SSSR count). The second kappa shape index (κ2) is 5.62. The molecule has 1 aromatic rings. The smallest absolute Gasteiger partial charge is 0.167 e. The molecule has 0 N–H and O–H groups in total. The molecule has 0 aliphatic heterocycles. The molecule has 0 fully saturated rings. The van der Waals surface area contributed by atoms with E-state index in [9.17, 15) is 9.18 Å². The highest BCUT2D eigenvalue weighted by Gasteiger charge is 2.18. The van der Waals surface area contributed by atoms with Crippen LogP contribution < -0.4 is 0 Å². The van der Waals surface area contributed by atoms with Crippen molar-refractivity contribution >= 4 is 17.4 Å². The number of hydrogen-bond donors (Lipinski definition) is 0. The highest BCUT2D eigenvalue weighted by molar-refractivity contribution is 6.31. The molecule has 2 nitrogen and oxygen atoms in total. The lowest BCUT2D eigenvalue weighted by Crippen LogP contribution is -2.13. The van der Waals surface area contributed by atoms with Crippen molar-refractivity contribution < 1.29 is 9.18 Å². The van der Waals surface area contributed by atoms with Gasteiger partial charge in [-0.15, -0.1) is 0 Å². The van der Waals surface area contributed by atoms with E-state index in [1.54, 1.807) is 0 Å². The normalized spacial score (nSPS) is 11.9. The summed E-state index contributed by atoms with van der Waals surface area (Å²) < 4.78 is 12.9. The van der Waals surface area contributed by atoms with Crippen molar-refractivity contribution in [3.8, 4) is 6.07 Å². The Morgan fingerprint density at radius 1 is 1.62 bits per heavy atom. The molecule has 16 heavy (non-hydrogen) atoms. The van der Waals surface area contributed by atoms with Gasteiger partial charge in [-0.2, -0.15) is 5.26 Å². The molecule has 0 aromatic heterocycles. The molecular formula is C12H11ClFNO. The van der Waals surface area contributed by atoms with Crippen molar-refractivity contribution in [2.45, 2.75) is 19.8 Å². The summed E-state index contributed by atoms with van der Waals surface area (Å²) >= 11 is 5.59. The lowest BCUT2D eigenvalue weighted by molar-refractivity contribution is 0.0918. The Morgan fingerprint density at radius 2 is 2.31 bits per heavy atom. The first kappa shape index (κ1) is 12.7. The average Bonchev–Trinajstić information content (AvgIpc) is 2.28. The second-order valence-corrected chi connectivity index (χ2v) is 3.87. The monoisotopic (exact) mass is 239 g/mol. The summed E-state index contributed by atoms with van der Waals surface area (Å²) in [5.41, 5.74) is 0.355. The van der Waals surface area contributed by atoms with Crippen LogP contribution in [0.4, 0.5) is 4.39 Å². The summed E-state index contributed by atoms with van der Waals surface area (Å²) in [6.45, 7) is 1.84. The SMILES string of the molecule is CCC(CC#N)C(=O)c1ccc(F)c(Cl)c1. The van der Waals surface area contributed by atoms with Crippen LogP contribution in [0.1, 0.15) is 30.1 Å². The summed E-state index contributed by atoms with van der Waals surface area (Å²) in [5.74, 6) is -1.05. The van der Waals surface area contributed by atoms with E-state index in [1.165, 1.54) is 12.1 Å². The van der Waals surface area contributed by atoms with Crippen LogP contribution in [-0.2, 0) is 0 Å². The van der Waals surface area contributed by atoms with Crippen LogP contribution in [0.5, 0.6) is 0 Å². The van der Waals surface area contributed by atoms with Gasteiger partial charge in [-0.25, -0.2) is 4.39 Å². The molecule has 0 saturated carbocycles. The fourth-order valence-electron chi connectivity index (χ4n) is 1.42. The Bertz CT molecular complexity index is 439. The molecule has 1 aromatic carbocycles. The zero-order chi connectivity index (χ0) is 12.1. The Kier molecular flexibility index (Phi) is 4.45. The second-order valence-electron chi connectivity index (χ2n) is 3.46. The maximum absolute atomic E-state index is 12.9. The van der Waals surface area contributed by atoms with Crippen molar-refractivity contribution in [3.63, 3.8) is 0 Å². The lowest BCUT2D eigenvalue weighted by atomic mass is 9.93. The van der Waals surface area contributed by atoms with E-state index >= 15 is 0 Å². The molecule has 0 radical (unpaired) electrons. The van der Waals surface area contributed by atoms with Gasteiger partial charge in [0.1, 0.15) is 5.82 Å². The van der Waals surface area contributed by atoms with Crippen molar-refractivity contribution in [3.05, 3.63) is 34.6 Å². The lowest BCUT2D eigenvalue weighted by Gasteiger charge is -2.09. The minimum Gasteiger partial charge on any atom is -0.294 e. The van der Waals surface area contributed by atoms with Crippen LogP contribution in [0, 0.1) is 23.1 Å². The Morgan fingerprint density at radius 3 is 2.81 bits per heavy atom. The third-order valence-electron chi connectivity index (χ3n) is 2.41. The molecule has 84 valence electrons. The third-order valence-corrected chi connectivity index (χ3v) is 2.70. The van der Waals surface area contributed by atoms with Crippen molar-refractivity contribution in [2.75, 3.05) is 0 Å². The van der Waals surface area contributed by atoms with Crippen LogP contribution in [0.25, 0.3) is 0 Å². The number of ketones is 1. The van der Waals surface area contributed by atoms with Gasteiger partial charge >= 0.3 is 0 Å². The van der Waals surface area contributed by atoms with E-state index in [2.05, 4.69) is 0 Å². The standard InChI is InChI=1S/C12H11ClFNO/c1-2-8(5-6-15)12(16)9-3-4-11(14)10(13)7-9/h3-4,7-8H,2,5H2,1H3. The first-order valence-electron chi connectivity index (χ1n) is 4.96. The molecular weight excluding hydrogens is 229 g/mol. The number of nitrogens with zero attached hydrogens (tertiary/aromatic N) is 1. The van der Waals surface area contributed by atoms with E-state index in [4.69, 9.17) is 16.9 Å². The maximum atomic E-state index is 12.9. The van der Waals surface area contributed by atoms with Gasteiger partial charge in [0.25, 0.3) is 0 Å². The summed E-state index contributed by atoms with van der Waals surface area (Å²) in [5, 5.41) is 8.50. The summed E-state index contributed by atoms with van der Waals surface area (Å²) in [6, 6.07) is 5.83. The van der Waals surface area contributed by atoms with Gasteiger partial charge in [-0.3, -0.25) is 4.79 Å². The van der Waals surface area contributed by atoms with E-state index in [-0.39, 0.29) is 23.1 Å². The zero-order valence-electron chi connectivity index (χ0n) is 8.84. The molecule has 0 aliphatic rings. The maximum Gasteiger partial charge on any atom is 0.167 e. The molecule has 0 heterocycles. The first-order valence-corrected chi connectivity index (χ1v) is 5.34. The van der Waals surface area contributed by atoms with Crippen molar-refractivity contribution in [1.82, 2.24) is 0 Å². The van der Waals surface area contributed by atoms with Gasteiger partial charge in [0.15, 0.2) is 5.78 Å². The van der Waals surface area contributed by atoms with Gasteiger partial charge in [-0.05, 0) is 24.6 Å². The molecule has 4 heteroatoms. The van der Waals surface area contributed by atoms with Crippen LogP contribution in [0.15, 0.2) is 18.2 Å². The predicted octanol–water partition coefficient (Wildman–Crippen LogP) is 3.60. The average molecular weight is 240 g/mol. The molecule has 0 bridgehead atoms. The Labute approximate surface area is 98.6 Å². The van der Waals surface area contributed by atoms with Crippen LogP contribution in [0.2, 0.25) is 5.02 Å². The minimum atomic E-state index is -0.549. The number of nitriles is 1. The fraction of sp³-hybridized carbons (Fsp3) is 0.333. The van der Waals surface area contributed by atoms with Gasteiger partial charge < -0.3 is 0 Å². The number of carbonyl (C=O) groups excluding carboxylic acids is 1. The van der Waals surface area contributed by atoms with Gasteiger partial charge in [0, 0.05) is 17.9 Å². The molecule has 0 saturated heterocycles. The van der Waals surface area contributed by atoms with E-state index in [0.29, 0.717) is 12.0 Å². The van der Waals surface area contributed by atoms with Gasteiger partial charge in [0.2, 0.25) is 0 Å². The highest BCUT2D eigenvalue weighted by Crippen LogP contribution is 2.20. The van der Waals surface area contributed by atoms with E-state index < -0.39 is 5.82 Å². The predicted molar refractivity (Wildman–Crippen MR) is 59.8 cm³/mol. The largest absolute Gasteiger partial charge is 0.294 e. The number of Topliss-reactive ketones (excluding diaryl/α,β-unsaturated/α-hetero) is 1. The molecule has 0 aliphatic carbocycles. The topological polar surface area (TPSA) is 40.9 Å². The molecule has 1 atom stereocenters. The van der Waals surface area contributed by atoms with Crippen molar-refractivity contribution in [1.29, 1.82) is 5.26 Å². The van der Waals surface area contributed by atoms with Gasteiger partial charge in [0.05, 0.1) is 11.1 Å². The zero-order valence-corrected chi connectivity index (χ0v) is 9.59. The molecule has 0 amide bonds. The van der Waals surface area contributed by atoms with Crippen LogP contribution in [-0.4, -0.2) is 5.78 Å². The number of benzene rings is 1. The third kappa shape index (κ3) is 2.80. The molecule has 0 spiro atoms. The van der Waals surface area contributed by atoms with Crippen LogP contribution in [0.3, 0.4) is 0 Å². The first-order chi connectivity index (χ1) is 7.60. The number of halogens is 2. The summed E-state index contributed by atoms with van der Waals surface area (Å²) in [6.07, 6.45) is 0.756. The van der Waals surface area contributed by atoms with E-state index in [1.807, 2.05) is 13.0 Å². The quantitative estimate of drug-likeness (QED) is 0.754. The summed E-state index contributed by atoms with van der Waals surface area (Å²) in [4.78, 5) is 11.9. The minimum absolute atomic E-state index is 0.0716. The van der Waals surface area contributed by atoms with Gasteiger partial charge in [-0.1, -0.05) is 18.5 Å². The Hall–Kier alpha value is -1.40. The van der Waals surface area contributed by atoms with E-state index in [0.717, 1.165) is 6.07 Å². The Balaban J connectivity index is 2.95. The van der Waals surface area contributed by atoms with Crippen molar-refractivity contribution in [2.24, 2.45) is 5.92 Å². The number of carbonyl (C=O) groups is 1.